The van der Waals surface area contributed by atoms with Crippen LogP contribution in [0.1, 0.15) is 11.1 Å². The summed E-state index contributed by atoms with van der Waals surface area (Å²) >= 11 is 0. The standard InChI is InChI=1S/C13H14N2O/c14-13-7-8-15-9-11(13)4-1-10-2-5-12(16)6-3-10/h2-3,5-9,16H,1,4H2,(H2,14,15). The van der Waals surface area contributed by atoms with Crippen LogP contribution in [-0.2, 0) is 12.8 Å². The number of hydrogen-bond donors (Lipinski definition) is 2. The van der Waals surface area contributed by atoms with Crippen LogP contribution in [0.5, 0.6) is 5.75 Å². The Morgan fingerprint density at radius 2 is 1.81 bits per heavy atom. The lowest BCUT2D eigenvalue weighted by Crippen LogP contribution is -1.97. The predicted octanol–water partition coefficient (Wildman–Crippen LogP) is 2.15. The Hall–Kier alpha value is -2.03. The average molecular weight is 214 g/mol. The molecule has 0 aliphatic heterocycles. The quantitative estimate of drug-likeness (QED) is 0.823. The van der Waals surface area contributed by atoms with Crippen LogP contribution in [0.2, 0.25) is 0 Å². The van der Waals surface area contributed by atoms with E-state index >= 15 is 0 Å². The molecule has 0 fully saturated rings. The zero-order valence-corrected chi connectivity index (χ0v) is 8.93. The number of aromatic hydroxyl groups is 1. The topological polar surface area (TPSA) is 59.1 Å². The van der Waals surface area contributed by atoms with E-state index in [4.69, 9.17) is 10.8 Å². The van der Waals surface area contributed by atoms with Crippen molar-refractivity contribution in [2.24, 2.45) is 0 Å². The number of pyridine rings is 1. The third-order valence-corrected chi connectivity index (χ3v) is 2.56. The zero-order valence-electron chi connectivity index (χ0n) is 8.93. The van der Waals surface area contributed by atoms with Gasteiger partial charge in [0.1, 0.15) is 5.75 Å². The first kappa shape index (κ1) is 10.5. The number of rotatable bonds is 3. The molecule has 0 aliphatic rings. The molecule has 0 amide bonds. The van der Waals surface area contributed by atoms with Gasteiger partial charge in [-0.25, -0.2) is 0 Å². The van der Waals surface area contributed by atoms with Crippen molar-refractivity contribution in [1.29, 1.82) is 0 Å². The molecule has 3 nitrogen and oxygen atoms in total. The van der Waals surface area contributed by atoms with E-state index in [0.29, 0.717) is 5.75 Å². The van der Waals surface area contributed by atoms with Gasteiger partial charge >= 0.3 is 0 Å². The van der Waals surface area contributed by atoms with Crippen molar-refractivity contribution >= 4 is 5.69 Å². The fourth-order valence-electron chi connectivity index (χ4n) is 1.59. The molecule has 1 heterocycles. The van der Waals surface area contributed by atoms with Crippen molar-refractivity contribution in [2.45, 2.75) is 12.8 Å². The van der Waals surface area contributed by atoms with Crippen LogP contribution >= 0.6 is 0 Å². The third kappa shape index (κ3) is 2.51. The van der Waals surface area contributed by atoms with E-state index in [0.717, 1.165) is 24.1 Å². The SMILES string of the molecule is Nc1ccncc1CCc1ccc(O)cc1. The second kappa shape index (κ2) is 4.66. The lowest BCUT2D eigenvalue weighted by molar-refractivity contribution is 0.475. The highest BCUT2D eigenvalue weighted by atomic mass is 16.3. The molecule has 3 heteroatoms. The monoisotopic (exact) mass is 214 g/mol. The number of aromatic nitrogens is 1. The molecule has 2 aromatic rings. The lowest BCUT2D eigenvalue weighted by atomic mass is 10.0. The van der Waals surface area contributed by atoms with Gasteiger partial charge in [-0.15, -0.1) is 0 Å². The molecule has 82 valence electrons. The van der Waals surface area contributed by atoms with E-state index in [1.807, 2.05) is 18.2 Å². The average Bonchev–Trinajstić information content (AvgIpc) is 2.30. The van der Waals surface area contributed by atoms with Gasteiger partial charge in [0.05, 0.1) is 0 Å². The number of hydrogen-bond acceptors (Lipinski definition) is 3. The van der Waals surface area contributed by atoms with Crippen molar-refractivity contribution in [3.05, 3.63) is 53.9 Å². The van der Waals surface area contributed by atoms with Crippen LogP contribution in [-0.4, -0.2) is 10.1 Å². The van der Waals surface area contributed by atoms with Gasteiger partial charge in [-0.1, -0.05) is 12.1 Å². The van der Waals surface area contributed by atoms with Crippen LogP contribution in [0.25, 0.3) is 0 Å². The first-order valence-electron chi connectivity index (χ1n) is 5.22. The summed E-state index contributed by atoms with van der Waals surface area (Å²) < 4.78 is 0. The molecular formula is C13H14N2O. The van der Waals surface area contributed by atoms with Crippen LogP contribution in [0.3, 0.4) is 0 Å². The maximum atomic E-state index is 9.16. The van der Waals surface area contributed by atoms with Crippen molar-refractivity contribution in [3.63, 3.8) is 0 Å². The molecule has 0 aliphatic carbocycles. The third-order valence-electron chi connectivity index (χ3n) is 2.56. The van der Waals surface area contributed by atoms with E-state index in [2.05, 4.69) is 4.98 Å². The normalized spacial score (nSPS) is 10.2. The minimum absolute atomic E-state index is 0.296. The van der Waals surface area contributed by atoms with E-state index in [1.165, 1.54) is 5.56 Å². The number of benzene rings is 1. The molecular weight excluding hydrogens is 200 g/mol. The van der Waals surface area contributed by atoms with Gasteiger partial charge in [0.25, 0.3) is 0 Å². The molecule has 0 atom stereocenters. The second-order valence-electron chi connectivity index (χ2n) is 3.74. The highest BCUT2D eigenvalue weighted by Gasteiger charge is 1.99. The van der Waals surface area contributed by atoms with Crippen LogP contribution in [0, 0.1) is 0 Å². The van der Waals surface area contributed by atoms with Crippen molar-refractivity contribution < 1.29 is 5.11 Å². The summed E-state index contributed by atoms with van der Waals surface area (Å²) in [6.45, 7) is 0. The van der Waals surface area contributed by atoms with Crippen molar-refractivity contribution in [1.82, 2.24) is 4.98 Å². The van der Waals surface area contributed by atoms with Gasteiger partial charge in [0.15, 0.2) is 0 Å². The van der Waals surface area contributed by atoms with Gasteiger partial charge in [0, 0.05) is 18.1 Å². The Morgan fingerprint density at radius 3 is 2.50 bits per heavy atom. The number of phenolic OH excluding ortho intramolecular Hbond substituents is 1. The molecule has 0 unspecified atom stereocenters. The first-order chi connectivity index (χ1) is 7.75. The van der Waals surface area contributed by atoms with Gasteiger partial charge in [-0.05, 0) is 42.2 Å². The van der Waals surface area contributed by atoms with E-state index in [-0.39, 0.29) is 0 Å². The molecule has 1 aromatic carbocycles. The maximum Gasteiger partial charge on any atom is 0.115 e. The zero-order chi connectivity index (χ0) is 11.4. The Labute approximate surface area is 94.6 Å². The maximum absolute atomic E-state index is 9.16. The molecule has 0 spiro atoms. The number of phenols is 1. The molecule has 3 N–H and O–H groups in total. The second-order valence-corrected chi connectivity index (χ2v) is 3.74. The molecule has 0 radical (unpaired) electrons. The summed E-state index contributed by atoms with van der Waals surface area (Å²) in [5.74, 6) is 0.296. The fourth-order valence-corrected chi connectivity index (χ4v) is 1.59. The smallest absolute Gasteiger partial charge is 0.115 e. The molecule has 16 heavy (non-hydrogen) atoms. The van der Waals surface area contributed by atoms with Crippen LogP contribution in [0.15, 0.2) is 42.7 Å². The summed E-state index contributed by atoms with van der Waals surface area (Å²) in [7, 11) is 0. The summed E-state index contributed by atoms with van der Waals surface area (Å²) in [6, 6.07) is 9.04. The predicted molar refractivity (Wildman–Crippen MR) is 64.2 cm³/mol. The number of nitrogens with two attached hydrogens (primary N) is 1. The minimum atomic E-state index is 0.296. The largest absolute Gasteiger partial charge is 0.508 e. The molecule has 1 aromatic heterocycles. The number of anilines is 1. The van der Waals surface area contributed by atoms with E-state index in [9.17, 15) is 0 Å². The summed E-state index contributed by atoms with van der Waals surface area (Å²) in [5, 5.41) is 9.16. The minimum Gasteiger partial charge on any atom is -0.508 e. The Bertz CT molecular complexity index is 466. The van der Waals surface area contributed by atoms with Gasteiger partial charge < -0.3 is 10.8 Å². The van der Waals surface area contributed by atoms with Crippen molar-refractivity contribution in [3.8, 4) is 5.75 Å². The molecule has 0 saturated heterocycles. The number of aryl methyl sites for hydroxylation is 2. The van der Waals surface area contributed by atoms with Gasteiger partial charge in [0.2, 0.25) is 0 Å². The Morgan fingerprint density at radius 1 is 1.06 bits per heavy atom. The molecule has 0 saturated carbocycles. The first-order valence-corrected chi connectivity index (χ1v) is 5.22. The van der Waals surface area contributed by atoms with Crippen molar-refractivity contribution in [2.75, 3.05) is 5.73 Å². The van der Waals surface area contributed by atoms with Crippen LogP contribution < -0.4 is 5.73 Å². The van der Waals surface area contributed by atoms with Crippen LogP contribution in [0.4, 0.5) is 5.69 Å². The summed E-state index contributed by atoms with van der Waals surface area (Å²) in [4.78, 5) is 4.05. The summed E-state index contributed by atoms with van der Waals surface area (Å²) in [5.41, 5.74) is 8.86. The van der Waals surface area contributed by atoms with E-state index in [1.54, 1.807) is 24.5 Å². The highest BCUT2D eigenvalue weighted by Crippen LogP contribution is 2.14. The Kier molecular flexibility index (Phi) is 3.05. The van der Waals surface area contributed by atoms with Gasteiger partial charge in [-0.3, -0.25) is 4.98 Å². The fraction of sp³-hybridized carbons (Fsp3) is 0.154. The molecule has 0 bridgehead atoms. The molecule has 2 rings (SSSR count). The number of nitrogens with zero attached hydrogens (tertiary/aromatic N) is 1. The highest BCUT2D eigenvalue weighted by molar-refractivity contribution is 5.44. The number of nitrogen functional groups attached to an aromatic ring is 1. The lowest BCUT2D eigenvalue weighted by Gasteiger charge is -2.04. The summed E-state index contributed by atoms with van der Waals surface area (Å²) in [6.07, 6.45) is 5.26. The van der Waals surface area contributed by atoms with Gasteiger partial charge in [-0.2, -0.15) is 0 Å². The van der Waals surface area contributed by atoms with E-state index < -0.39 is 0 Å². The Balaban J connectivity index is 2.02.